The minimum Gasteiger partial charge on any atom is -0.459 e. The van der Waals surface area contributed by atoms with Crippen molar-refractivity contribution in [3.05, 3.63) is 12.7 Å². The number of carbonyl (C=O) groups excluding carboxylic acids is 1. The first-order valence-electron chi connectivity index (χ1n) is 3.25. The fourth-order valence-electron chi connectivity index (χ4n) is 0.422. The summed E-state index contributed by atoms with van der Waals surface area (Å²) in [6, 6.07) is 0. The van der Waals surface area contributed by atoms with Crippen LogP contribution in [0.3, 0.4) is 0 Å². The molecule has 2 unspecified atom stereocenters. The van der Waals surface area contributed by atoms with Gasteiger partial charge in [-0.15, -0.1) is 0 Å². The minimum absolute atomic E-state index is 0.782. The fourth-order valence-corrected chi connectivity index (χ4v) is 0.422. The van der Waals surface area contributed by atoms with Gasteiger partial charge in [-0.2, -0.15) is 0 Å². The molecule has 0 radical (unpaired) electrons. The van der Waals surface area contributed by atoms with Crippen LogP contribution in [0.5, 0.6) is 0 Å². The second-order valence-electron chi connectivity index (χ2n) is 2.02. The third-order valence-electron chi connectivity index (χ3n) is 1.09. The van der Waals surface area contributed by atoms with Crippen LogP contribution in [-0.2, 0) is 9.53 Å². The van der Waals surface area contributed by atoms with Crippen molar-refractivity contribution >= 4 is 5.97 Å². The Morgan fingerprint density at radius 1 is 1.50 bits per heavy atom. The van der Waals surface area contributed by atoms with Crippen LogP contribution < -0.4 is 0 Å². The third kappa shape index (κ3) is 4.00. The molecule has 0 heterocycles. The van der Waals surface area contributed by atoms with Crippen LogP contribution in [0, 0.1) is 0 Å². The zero-order valence-electron chi connectivity index (χ0n) is 6.30. The number of ether oxygens (including phenoxy) is 1. The van der Waals surface area contributed by atoms with Gasteiger partial charge in [-0.1, -0.05) is 6.58 Å². The summed E-state index contributed by atoms with van der Waals surface area (Å²) < 4.78 is 40.1. The van der Waals surface area contributed by atoms with Gasteiger partial charge in [0.15, 0.2) is 12.3 Å². The molecule has 0 aromatic heterocycles. The first kappa shape index (κ1) is 11.0. The Bertz CT molecular complexity index is 161. The Morgan fingerprint density at radius 3 is 2.50 bits per heavy atom. The van der Waals surface area contributed by atoms with Gasteiger partial charge in [-0.3, -0.25) is 0 Å². The molecule has 0 aromatic carbocycles. The molecule has 0 N–H and O–H groups in total. The van der Waals surface area contributed by atoms with Crippen LogP contribution in [-0.4, -0.2) is 31.6 Å². The van der Waals surface area contributed by atoms with E-state index in [9.17, 15) is 18.0 Å². The van der Waals surface area contributed by atoms with Crippen LogP contribution in [0.4, 0.5) is 13.2 Å². The highest BCUT2D eigenvalue weighted by Gasteiger charge is 2.21. The van der Waals surface area contributed by atoms with Gasteiger partial charge in [0.2, 0.25) is 0 Å². The Labute approximate surface area is 68.0 Å². The quantitative estimate of drug-likeness (QED) is 0.474. The summed E-state index contributed by atoms with van der Waals surface area (Å²) in [5, 5.41) is 0. The van der Waals surface area contributed by atoms with Crippen LogP contribution in [0.2, 0.25) is 0 Å². The van der Waals surface area contributed by atoms with Gasteiger partial charge in [0.25, 0.3) is 0 Å². The van der Waals surface area contributed by atoms with Crippen LogP contribution >= 0.6 is 0 Å². The molecule has 0 aromatic rings. The normalized spacial score (nSPS) is 14.9. The highest BCUT2D eigenvalue weighted by Crippen LogP contribution is 2.05. The number of esters is 1. The monoisotopic (exact) mass is 182 g/mol. The molecule has 0 aliphatic carbocycles. The smallest absolute Gasteiger partial charge is 0.330 e. The average molecular weight is 182 g/mol. The van der Waals surface area contributed by atoms with Gasteiger partial charge in [-0.25, -0.2) is 18.0 Å². The van der Waals surface area contributed by atoms with E-state index in [1.54, 1.807) is 0 Å². The molecule has 2 atom stereocenters. The molecule has 0 rings (SSSR count). The number of carbonyl (C=O) groups is 1. The molecule has 0 spiro atoms. The predicted octanol–water partition coefficient (Wildman–Crippen LogP) is 1.36. The van der Waals surface area contributed by atoms with Crippen LogP contribution in [0.15, 0.2) is 12.7 Å². The Morgan fingerprint density at radius 2 is 2.08 bits per heavy atom. The van der Waals surface area contributed by atoms with E-state index < -0.39 is 31.6 Å². The van der Waals surface area contributed by atoms with E-state index in [0.717, 1.165) is 6.08 Å². The maximum atomic E-state index is 12.4. The zero-order chi connectivity index (χ0) is 9.56. The first-order valence-corrected chi connectivity index (χ1v) is 3.25. The lowest BCUT2D eigenvalue weighted by molar-refractivity contribution is -0.140. The van der Waals surface area contributed by atoms with Crippen LogP contribution in [0.25, 0.3) is 0 Å². The average Bonchev–Trinajstić information content (AvgIpc) is 2.11. The highest BCUT2D eigenvalue weighted by atomic mass is 19.2. The van der Waals surface area contributed by atoms with Gasteiger partial charge in [0, 0.05) is 6.08 Å². The third-order valence-corrected chi connectivity index (χ3v) is 1.09. The van der Waals surface area contributed by atoms with Gasteiger partial charge in [-0.05, 0) is 0 Å². The number of rotatable bonds is 5. The van der Waals surface area contributed by atoms with Crippen molar-refractivity contribution < 1.29 is 22.7 Å². The van der Waals surface area contributed by atoms with Crippen molar-refractivity contribution in [1.82, 2.24) is 0 Å². The van der Waals surface area contributed by atoms with Crippen molar-refractivity contribution in [2.24, 2.45) is 0 Å². The summed E-state index contributed by atoms with van der Waals surface area (Å²) in [7, 11) is 0. The van der Waals surface area contributed by atoms with E-state index in [1.807, 2.05) is 0 Å². The topological polar surface area (TPSA) is 26.3 Å². The molecular formula is C7H9F3O2. The number of hydrogen-bond donors (Lipinski definition) is 0. The number of halogens is 3. The van der Waals surface area contributed by atoms with Gasteiger partial charge in [0.1, 0.15) is 13.3 Å². The molecule has 0 aliphatic heterocycles. The van der Waals surface area contributed by atoms with Gasteiger partial charge >= 0.3 is 5.97 Å². The minimum atomic E-state index is -2.23. The Hall–Kier alpha value is -1.00. The molecule has 0 aliphatic rings. The molecule has 12 heavy (non-hydrogen) atoms. The van der Waals surface area contributed by atoms with Crippen LogP contribution in [0.1, 0.15) is 0 Å². The van der Waals surface area contributed by atoms with Crippen molar-refractivity contribution in [3.63, 3.8) is 0 Å². The van der Waals surface area contributed by atoms with E-state index in [-0.39, 0.29) is 0 Å². The molecule has 0 bridgehead atoms. The maximum Gasteiger partial charge on any atom is 0.330 e. The zero-order valence-corrected chi connectivity index (χ0v) is 6.30. The summed E-state index contributed by atoms with van der Waals surface area (Å²) in [6.45, 7) is 0.833. The van der Waals surface area contributed by atoms with E-state index in [4.69, 9.17) is 0 Å². The predicted molar refractivity (Wildman–Crippen MR) is 36.9 cm³/mol. The largest absolute Gasteiger partial charge is 0.459 e. The van der Waals surface area contributed by atoms with Crippen molar-refractivity contribution in [2.75, 3.05) is 13.3 Å². The van der Waals surface area contributed by atoms with E-state index >= 15 is 0 Å². The summed E-state index contributed by atoms with van der Waals surface area (Å²) >= 11 is 0. The summed E-state index contributed by atoms with van der Waals surface area (Å²) in [6.07, 6.45) is -3.53. The Kier molecular flexibility index (Phi) is 5.16. The molecule has 0 fully saturated rings. The first-order chi connectivity index (χ1) is 5.61. The molecule has 2 nitrogen and oxygen atoms in total. The van der Waals surface area contributed by atoms with Crippen molar-refractivity contribution in [2.45, 2.75) is 12.3 Å². The van der Waals surface area contributed by atoms with Gasteiger partial charge < -0.3 is 4.74 Å². The summed E-state index contributed by atoms with van der Waals surface area (Å²) in [4.78, 5) is 10.3. The fraction of sp³-hybridized carbons (Fsp3) is 0.571. The molecule has 5 heteroatoms. The SMILES string of the molecule is C=CC(=O)OCC(F)C(F)CF. The Balaban J connectivity index is 3.62. The highest BCUT2D eigenvalue weighted by molar-refractivity contribution is 5.81. The molecular weight excluding hydrogens is 173 g/mol. The second-order valence-corrected chi connectivity index (χ2v) is 2.02. The number of alkyl halides is 3. The number of hydrogen-bond acceptors (Lipinski definition) is 2. The standard InChI is InChI=1S/C7H9F3O2/c1-2-7(11)12-4-6(10)5(9)3-8/h2,5-6H,1,3-4H2. The molecule has 0 amide bonds. The second kappa shape index (κ2) is 5.62. The lowest BCUT2D eigenvalue weighted by atomic mass is 10.3. The molecule has 70 valence electrons. The lowest BCUT2D eigenvalue weighted by Gasteiger charge is -2.09. The van der Waals surface area contributed by atoms with E-state index in [0.29, 0.717) is 0 Å². The van der Waals surface area contributed by atoms with Gasteiger partial charge in [0.05, 0.1) is 0 Å². The van der Waals surface area contributed by atoms with Crippen molar-refractivity contribution in [3.8, 4) is 0 Å². The lowest BCUT2D eigenvalue weighted by Crippen LogP contribution is -2.25. The summed E-state index contributed by atoms with van der Waals surface area (Å²) in [5.74, 6) is -0.858. The van der Waals surface area contributed by atoms with E-state index in [1.165, 1.54) is 0 Å². The molecule has 0 saturated carbocycles. The molecule has 0 saturated heterocycles. The summed E-state index contributed by atoms with van der Waals surface area (Å²) in [5.41, 5.74) is 0. The van der Waals surface area contributed by atoms with Crippen molar-refractivity contribution in [1.29, 1.82) is 0 Å². The van der Waals surface area contributed by atoms with E-state index in [2.05, 4.69) is 11.3 Å². The maximum absolute atomic E-state index is 12.4.